The molecule has 0 bridgehead atoms. The van der Waals surface area contributed by atoms with Crippen molar-refractivity contribution in [2.24, 2.45) is 0 Å². The number of alkyl halides is 3. The third-order valence-electron chi connectivity index (χ3n) is 8.23. The van der Waals surface area contributed by atoms with Crippen molar-refractivity contribution in [3.05, 3.63) is 76.6 Å². The molecular weight excluding hydrogens is 584 g/mol. The fraction of sp³-hybridized carbons (Fsp3) is 0.367. The van der Waals surface area contributed by atoms with Gasteiger partial charge in [-0.15, -0.1) is 0 Å². The first-order chi connectivity index (χ1) is 20.9. The van der Waals surface area contributed by atoms with Crippen LogP contribution in [0.15, 0.2) is 37.1 Å². The van der Waals surface area contributed by atoms with E-state index >= 15 is 0 Å². The Hall–Kier alpha value is -4.75. The van der Waals surface area contributed by atoms with Gasteiger partial charge < -0.3 is 20.3 Å². The fourth-order valence-electron chi connectivity index (χ4n) is 6.00. The third kappa shape index (κ3) is 5.07. The lowest BCUT2D eigenvalue weighted by atomic mass is 9.94. The van der Waals surface area contributed by atoms with Gasteiger partial charge in [-0.3, -0.25) is 14.4 Å². The lowest BCUT2D eigenvalue weighted by Crippen LogP contribution is -2.46. The molecule has 6 rings (SSSR count). The largest absolute Gasteiger partial charge is 0.436 e. The average Bonchev–Trinajstić information content (AvgIpc) is 3.78. The highest BCUT2D eigenvalue weighted by molar-refractivity contribution is 5.99. The van der Waals surface area contributed by atoms with Crippen LogP contribution in [0.2, 0.25) is 0 Å². The molecule has 0 spiro atoms. The average molecular weight is 613 g/mol. The molecule has 1 saturated carbocycles. The van der Waals surface area contributed by atoms with E-state index in [2.05, 4.69) is 11.6 Å². The summed E-state index contributed by atoms with van der Waals surface area (Å²) in [6.45, 7) is 5.19. The Bertz CT molecular complexity index is 1710. The molecule has 2 N–H and O–H groups in total. The van der Waals surface area contributed by atoms with Gasteiger partial charge >= 0.3 is 12.1 Å². The molecule has 3 aliphatic rings. The van der Waals surface area contributed by atoms with Crippen LogP contribution in [0.5, 0.6) is 5.75 Å². The summed E-state index contributed by atoms with van der Waals surface area (Å²) in [5.74, 6) is -2.79. The van der Waals surface area contributed by atoms with Crippen LogP contribution < -0.4 is 10.5 Å². The molecule has 2 aromatic heterocycles. The number of carbonyl (C=O) groups is 3. The predicted molar refractivity (Wildman–Crippen MR) is 148 cm³/mol. The summed E-state index contributed by atoms with van der Waals surface area (Å²) >= 11 is 0. The van der Waals surface area contributed by atoms with E-state index in [0.717, 1.165) is 30.2 Å². The van der Waals surface area contributed by atoms with Gasteiger partial charge in [0.2, 0.25) is 5.91 Å². The molecule has 1 aromatic carbocycles. The first kappa shape index (κ1) is 29.3. The number of hydrogen-bond acceptors (Lipinski definition) is 7. The van der Waals surface area contributed by atoms with Gasteiger partial charge in [0.05, 0.1) is 28.7 Å². The van der Waals surface area contributed by atoms with Gasteiger partial charge in [-0.05, 0) is 42.5 Å². The van der Waals surface area contributed by atoms with E-state index in [-0.39, 0.29) is 32.0 Å². The molecule has 230 valence electrons. The second-order valence-electron chi connectivity index (χ2n) is 11.1. The number of anilines is 1. The number of halogens is 4. The lowest BCUT2D eigenvalue weighted by Gasteiger charge is -2.38. The molecule has 0 saturated heterocycles. The van der Waals surface area contributed by atoms with E-state index in [4.69, 9.17) is 15.6 Å². The van der Waals surface area contributed by atoms with E-state index in [0.29, 0.717) is 41.2 Å². The highest BCUT2D eigenvalue weighted by Crippen LogP contribution is 2.44. The molecule has 4 heterocycles. The zero-order valence-electron chi connectivity index (χ0n) is 23.7. The number of rotatable bonds is 5. The van der Waals surface area contributed by atoms with Gasteiger partial charge in [-0.2, -0.15) is 18.3 Å². The zero-order valence-corrected chi connectivity index (χ0v) is 23.7. The highest BCUT2D eigenvalue weighted by atomic mass is 19.4. The minimum absolute atomic E-state index is 0.0240. The minimum Gasteiger partial charge on any atom is -0.424 e. The van der Waals surface area contributed by atoms with Gasteiger partial charge in [0, 0.05) is 51.2 Å². The topological polar surface area (TPSA) is 124 Å². The minimum atomic E-state index is -5.10. The Kier molecular flexibility index (Phi) is 7.17. The Balaban J connectivity index is 1.45. The second kappa shape index (κ2) is 10.8. The standard InChI is InChI=1S/C30H28F4N6O4/c1-3-24(42)38-10-8-19-25-21(40(37-19)20-7-6-17(16-4-5-16)12-23(20)44-15(2)41)9-11-39(22(25)14-38)29(43)18-13-36-28(30(32,33)34)26(31)27(18)35/h3,6-7,12-13,16,22H,1,4-5,8-11,14H2,2H3,(H2,35,36)/t22-/m0/s1. The van der Waals surface area contributed by atoms with Gasteiger partial charge in [0.15, 0.2) is 17.3 Å². The maximum atomic E-state index is 14.7. The van der Waals surface area contributed by atoms with Crippen LogP contribution >= 0.6 is 0 Å². The van der Waals surface area contributed by atoms with Crippen LogP contribution in [0.1, 0.15) is 70.3 Å². The van der Waals surface area contributed by atoms with Gasteiger partial charge in [-0.25, -0.2) is 14.1 Å². The van der Waals surface area contributed by atoms with Crippen LogP contribution in [0.3, 0.4) is 0 Å². The van der Waals surface area contributed by atoms with Gasteiger partial charge in [0.25, 0.3) is 5.91 Å². The number of nitrogens with zero attached hydrogens (tertiary/aromatic N) is 5. The van der Waals surface area contributed by atoms with Crippen molar-refractivity contribution in [2.75, 3.05) is 25.4 Å². The molecular formula is C30H28F4N6O4. The molecule has 10 nitrogen and oxygen atoms in total. The summed E-state index contributed by atoms with van der Waals surface area (Å²) < 4.78 is 61.6. The SMILES string of the molecule is C=CC(=O)N1CCc2nn(-c3ccc(C4CC4)cc3OC(C)=O)c3c2[C@H](C1)N(C(=O)c1cnc(C(F)(F)F)c(F)c1N)CC3. The van der Waals surface area contributed by atoms with Gasteiger partial charge in [-0.1, -0.05) is 12.6 Å². The summed E-state index contributed by atoms with van der Waals surface area (Å²) in [4.78, 5) is 44.6. The Morgan fingerprint density at radius 1 is 1.16 bits per heavy atom. The van der Waals surface area contributed by atoms with E-state index < -0.39 is 46.9 Å². The van der Waals surface area contributed by atoms with Crippen LogP contribution in [-0.2, 0) is 28.6 Å². The summed E-state index contributed by atoms with van der Waals surface area (Å²) in [6, 6.07) is 4.85. The Morgan fingerprint density at radius 2 is 1.91 bits per heavy atom. The van der Waals surface area contributed by atoms with E-state index in [1.165, 1.54) is 16.7 Å². The number of carbonyl (C=O) groups excluding carboxylic acids is 3. The van der Waals surface area contributed by atoms with Crippen molar-refractivity contribution in [1.29, 1.82) is 0 Å². The monoisotopic (exact) mass is 612 g/mol. The molecule has 2 aliphatic heterocycles. The van der Waals surface area contributed by atoms with Crippen LogP contribution in [0.25, 0.3) is 5.69 Å². The van der Waals surface area contributed by atoms with E-state index in [9.17, 15) is 31.9 Å². The van der Waals surface area contributed by atoms with E-state index in [1.807, 2.05) is 18.2 Å². The number of aromatic nitrogens is 3. The number of esters is 1. The van der Waals surface area contributed by atoms with Crippen LogP contribution in [0.4, 0.5) is 23.2 Å². The number of pyridine rings is 1. The van der Waals surface area contributed by atoms with Crippen LogP contribution in [-0.4, -0.2) is 62.0 Å². The molecule has 1 aliphatic carbocycles. The van der Waals surface area contributed by atoms with Crippen molar-refractivity contribution in [2.45, 2.75) is 50.7 Å². The molecule has 0 radical (unpaired) electrons. The summed E-state index contributed by atoms with van der Waals surface area (Å²) in [6.07, 6.45) is -0.643. The number of ether oxygens (including phenoxy) is 1. The number of nitrogens with two attached hydrogens (primary N) is 1. The highest BCUT2D eigenvalue weighted by Gasteiger charge is 2.42. The summed E-state index contributed by atoms with van der Waals surface area (Å²) in [5.41, 5.74) is 5.96. The molecule has 2 amide bonds. The maximum Gasteiger partial charge on any atom is 0.436 e. The second-order valence-corrected chi connectivity index (χ2v) is 11.1. The number of nitrogen functional groups attached to an aromatic ring is 1. The number of amides is 2. The smallest absolute Gasteiger partial charge is 0.424 e. The van der Waals surface area contributed by atoms with Crippen molar-refractivity contribution < 1.29 is 36.7 Å². The van der Waals surface area contributed by atoms with Crippen molar-refractivity contribution in [3.63, 3.8) is 0 Å². The summed E-state index contributed by atoms with van der Waals surface area (Å²) in [5, 5.41) is 4.86. The molecule has 3 aromatic rings. The molecule has 44 heavy (non-hydrogen) atoms. The Labute approximate surface area is 249 Å². The van der Waals surface area contributed by atoms with Crippen LogP contribution in [0, 0.1) is 5.82 Å². The zero-order chi connectivity index (χ0) is 31.5. The quantitative estimate of drug-likeness (QED) is 0.199. The lowest BCUT2D eigenvalue weighted by molar-refractivity contribution is -0.143. The molecule has 1 atom stereocenters. The number of hydrogen-bond donors (Lipinski definition) is 1. The van der Waals surface area contributed by atoms with Crippen molar-refractivity contribution in [3.8, 4) is 11.4 Å². The normalized spacial score (nSPS) is 18.0. The fourth-order valence-corrected chi connectivity index (χ4v) is 6.00. The first-order valence-corrected chi connectivity index (χ1v) is 14.1. The molecule has 1 fully saturated rings. The predicted octanol–water partition coefficient (Wildman–Crippen LogP) is 4.12. The maximum absolute atomic E-state index is 14.7. The van der Waals surface area contributed by atoms with E-state index in [1.54, 1.807) is 4.68 Å². The molecule has 0 unspecified atom stereocenters. The summed E-state index contributed by atoms with van der Waals surface area (Å²) in [7, 11) is 0. The third-order valence-corrected chi connectivity index (χ3v) is 8.23. The first-order valence-electron chi connectivity index (χ1n) is 14.1. The van der Waals surface area contributed by atoms with Crippen molar-refractivity contribution in [1.82, 2.24) is 24.6 Å². The van der Waals surface area contributed by atoms with Gasteiger partial charge in [0.1, 0.15) is 5.69 Å². The van der Waals surface area contributed by atoms with Crippen molar-refractivity contribution >= 4 is 23.5 Å². The molecule has 14 heteroatoms. The Morgan fingerprint density at radius 3 is 2.57 bits per heavy atom. The number of benzene rings is 1.